The van der Waals surface area contributed by atoms with E-state index < -0.39 is 41.6 Å². The van der Waals surface area contributed by atoms with E-state index in [0.717, 1.165) is 22.4 Å². The number of nitrogens with one attached hydrogen (secondary N) is 3. The minimum Gasteiger partial charge on any atom is -0.465 e. The second-order valence-electron chi connectivity index (χ2n) is 13.1. The number of pyridine rings is 1. The number of hydrogen-bond acceptors (Lipinski definition) is 5. The lowest BCUT2D eigenvalue weighted by molar-refractivity contribution is -0.126. The van der Waals surface area contributed by atoms with Crippen LogP contribution < -0.4 is 16.0 Å². The number of rotatable bonds is 13. The Labute approximate surface area is 286 Å². The first-order valence-electron chi connectivity index (χ1n) is 15.9. The van der Waals surface area contributed by atoms with Crippen molar-refractivity contribution in [3.8, 4) is 11.3 Å². The molecule has 0 aliphatic carbocycles. The molecule has 5 N–H and O–H groups in total. The van der Waals surface area contributed by atoms with Crippen LogP contribution in [0.1, 0.15) is 54.2 Å². The molecule has 252 valence electrons. The van der Waals surface area contributed by atoms with Crippen LogP contribution in [0, 0.1) is 12.3 Å². The van der Waals surface area contributed by atoms with Gasteiger partial charge >= 0.3 is 6.09 Å². The van der Waals surface area contributed by atoms with Crippen LogP contribution in [-0.4, -0.2) is 57.3 Å². The van der Waals surface area contributed by atoms with Crippen LogP contribution in [0.15, 0.2) is 97.2 Å². The molecule has 0 fully saturated rings. The van der Waals surface area contributed by atoms with Crippen LogP contribution in [0.3, 0.4) is 0 Å². The average Bonchev–Trinajstić information content (AvgIpc) is 3.05. The first kappa shape index (κ1) is 36.1. The molecule has 3 aromatic carbocycles. The Kier molecular flexibility index (Phi) is 12.3. The Hall–Kier alpha value is -4.73. The zero-order valence-corrected chi connectivity index (χ0v) is 28.4. The van der Waals surface area contributed by atoms with Crippen LogP contribution >= 0.6 is 11.6 Å². The minimum absolute atomic E-state index is 0.0734. The third-order valence-electron chi connectivity index (χ3n) is 8.26. The number of carbonyl (C=O) groups excluding carboxylic acids is 2. The van der Waals surface area contributed by atoms with Gasteiger partial charge in [-0.15, -0.1) is 0 Å². The summed E-state index contributed by atoms with van der Waals surface area (Å²) >= 11 is 6.30. The van der Waals surface area contributed by atoms with Gasteiger partial charge in [0.25, 0.3) is 5.91 Å². The largest absolute Gasteiger partial charge is 0.465 e. The van der Waals surface area contributed by atoms with Crippen molar-refractivity contribution in [3.05, 3.63) is 124 Å². The van der Waals surface area contributed by atoms with Gasteiger partial charge < -0.3 is 26.2 Å². The van der Waals surface area contributed by atoms with Crippen molar-refractivity contribution < 1.29 is 24.6 Å². The highest BCUT2D eigenvalue weighted by atomic mass is 35.5. The molecule has 0 bridgehead atoms. The second-order valence-corrected chi connectivity index (χ2v) is 13.5. The lowest BCUT2D eigenvalue weighted by Gasteiger charge is -2.33. The molecule has 0 unspecified atom stereocenters. The van der Waals surface area contributed by atoms with Crippen molar-refractivity contribution in [2.24, 2.45) is 5.41 Å². The van der Waals surface area contributed by atoms with Crippen LogP contribution in [-0.2, 0) is 17.6 Å². The van der Waals surface area contributed by atoms with Gasteiger partial charge in [0.1, 0.15) is 6.04 Å². The number of benzene rings is 3. The van der Waals surface area contributed by atoms with E-state index in [0.29, 0.717) is 29.0 Å². The number of aromatic nitrogens is 1. The number of carboxylic acid groups (broad SMARTS) is 1. The van der Waals surface area contributed by atoms with Gasteiger partial charge in [-0.3, -0.25) is 14.6 Å². The maximum atomic E-state index is 13.6. The highest BCUT2D eigenvalue weighted by Gasteiger charge is 2.35. The van der Waals surface area contributed by atoms with E-state index in [1.807, 2.05) is 72.8 Å². The van der Waals surface area contributed by atoms with E-state index in [4.69, 9.17) is 11.6 Å². The molecule has 0 aliphatic rings. The van der Waals surface area contributed by atoms with E-state index in [1.165, 1.54) is 0 Å². The SMILES string of the molecule is Cc1c(Cl)cccc1C(=O)N[C@@H](Cc1ccccc1)[C@@H](O)C[C@H](Cc1ccc(-c2ccccn2)cc1)NC(=O)[C@@H](NC(=O)O)C(C)(C)C. The molecule has 0 spiro atoms. The zero-order chi connectivity index (χ0) is 34.8. The third-order valence-corrected chi connectivity index (χ3v) is 8.67. The van der Waals surface area contributed by atoms with Gasteiger partial charge in [0.05, 0.1) is 17.8 Å². The number of hydrogen-bond donors (Lipinski definition) is 5. The van der Waals surface area contributed by atoms with E-state index in [9.17, 15) is 24.6 Å². The highest BCUT2D eigenvalue weighted by molar-refractivity contribution is 6.31. The molecule has 4 aromatic rings. The van der Waals surface area contributed by atoms with Gasteiger partial charge in [-0.25, -0.2) is 4.79 Å². The van der Waals surface area contributed by atoms with Gasteiger partial charge in [-0.2, -0.15) is 0 Å². The van der Waals surface area contributed by atoms with E-state index in [1.54, 1.807) is 52.1 Å². The predicted octanol–water partition coefficient (Wildman–Crippen LogP) is 6.21. The van der Waals surface area contributed by atoms with Gasteiger partial charge in [0.2, 0.25) is 5.91 Å². The van der Waals surface area contributed by atoms with Crippen LogP contribution in [0.25, 0.3) is 11.3 Å². The van der Waals surface area contributed by atoms with E-state index in [2.05, 4.69) is 20.9 Å². The molecule has 0 radical (unpaired) electrons. The maximum Gasteiger partial charge on any atom is 0.405 e. The second kappa shape index (κ2) is 16.4. The zero-order valence-electron chi connectivity index (χ0n) is 27.6. The molecule has 0 saturated carbocycles. The summed E-state index contributed by atoms with van der Waals surface area (Å²) < 4.78 is 0. The van der Waals surface area contributed by atoms with Crippen LogP contribution in [0.5, 0.6) is 0 Å². The lowest BCUT2D eigenvalue weighted by Crippen LogP contribution is -2.56. The van der Waals surface area contributed by atoms with Gasteiger partial charge in [-0.05, 0) is 72.6 Å². The Balaban J connectivity index is 1.62. The summed E-state index contributed by atoms with van der Waals surface area (Å²) in [5.41, 5.74) is 3.86. The molecule has 1 heterocycles. The predicted molar refractivity (Wildman–Crippen MR) is 188 cm³/mol. The summed E-state index contributed by atoms with van der Waals surface area (Å²) in [5, 5.41) is 30.1. The monoisotopic (exact) mass is 670 g/mol. The van der Waals surface area contributed by atoms with E-state index in [-0.39, 0.29) is 12.3 Å². The highest BCUT2D eigenvalue weighted by Crippen LogP contribution is 2.23. The molecular formula is C38H43ClN4O5. The van der Waals surface area contributed by atoms with Crippen molar-refractivity contribution in [3.63, 3.8) is 0 Å². The molecule has 4 atom stereocenters. The maximum absolute atomic E-state index is 13.6. The quantitative estimate of drug-likeness (QED) is 0.115. The molecular weight excluding hydrogens is 628 g/mol. The number of aliphatic hydroxyl groups is 1. The van der Waals surface area contributed by atoms with E-state index >= 15 is 0 Å². The first-order chi connectivity index (χ1) is 22.8. The number of aliphatic hydroxyl groups excluding tert-OH is 1. The van der Waals surface area contributed by atoms with Crippen molar-refractivity contribution in [1.82, 2.24) is 20.9 Å². The smallest absolute Gasteiger partial charge is 0.405 e. The molecule has 10 heteroatoms. The fourth-order valence-electron chi connectivity index (χ4n) is 5.61. The summed E-state index contributed by atoms with van der Waals surface area (Å²) in [6.45, 7) is 7.09. The number of halogens is 1. The van der Waals surface area contributed by atoms with Crippen molar-refractivity contribution in [1.29, 1.82) is 0 Å². The number of carbonyl (C=O) groups is 3. The number of nitrogens with zero attached hydrogens (tertiary/aromatic N) is 1. The standard InChI is InChI=1S/C38H43ClN4O5/c1-24-29(13-10-14-30(24)39)35(45)42-32(22-25-11-6-5-7-12-25)33(44)23-28(41-36(46)34(38(2,3)4)43-37(47)48)21-26-16-18-27(19-17-26)31-15-8-9-20-40-31/h5-20,28,32-34,43-44H,21-23H2,1-4H3,(H,41,46)(H,42,45)(H,47,48)/t28-,32-,33-,34+/m0/s1. The summed E-state index contributed by atoms with van der Waals surface area (Å²) in [4.78, 5) is 43.2. The van der Waals surface area contributed by atoms with Gasteiger partial charge in [0.15, 0.2) is 0 Å². The van der Waals surface area contributed by atoms with Crippen molar-refractivity contribution in [2.45, 2.75) is 71.2 Å². The molecule has 0 saturated heterocycles. The van der Waals surface area contributed by atoms with Gasteiger partial charge in [-0.1, -0.05) is 99.1 Å². The Bertz CT molecular complexity index is 1680. The van der Waals surface area contributed by atoms with Crippen molar-refractivity contribution >= 4 is 29.5 Å². The first-order valence-corrected chi connectivity index (χ1v) is 16.3. The Morgan fingerprint density at radius 2 is 1.48 bits per heavy atom. The molecule has 0 aliphatic heterocycles. The fraction of sp³-hybridized carbons (Fsp3) is 0.316. The van der Waals surface area contributed by atoms with Crippen LogP contribution in [0.2, 0.25) is 5.02 Å². The lowest BCUT2D eigenvalue weighted by atomic mass is 9.85. The van der Waals surface area contributed by atoms with Crippen LogP contribution in [0.4, 0.5) is 4.79 Å². The summed E-state index contributed by atoms with van der Waals surface area (Å²) in [7, 11) is 0. The summed E-state index contributed by atoms with van der Waals surface area (Å²) in [5.74, 6) is -0.885. The van der Waals surface area contributed by atoms with Gasteiger partial charge in [0, 0.05) is 28.4 Å². The van der Waals surface area contributed by atoms with Crippen molar-refractivity contribution in [2.75, 3.05) is 0 Å². The topological polar surface area (TPSA) is 141 Å². The summed E-state index contributed by atoms with van der Waals surface area (Å²) in [6, 6.07) is 25.7. The summed E-state index contributed by atoms with van der Waals surface area (Å²) in [6.07, 6.45) is 0.0723. The Morgan fingerprint density at radius 3 is 2.10 bits per heavy atom. The Morgan fingerprint density at radius 1 is 0.812 bits per heavy atom. The minimum atomic E-state index is -1.31. The molecule has 3 amide bonds. The number of amides is 3. The normalized spacial score (nSPS) is 13.9. The molecule has 9 nitrogen and oxygen atoms in total. The fourth-order valence-corrected chi connectivity index (χ4v) is 5.79. The average molecular weight is 671 g/mol. The molecule has 4 rings (SSSR count). The molecule has 1 aromatic heterocycles. The third kappa shape index (κ3) is 10.1. The molecule has 48 heavy (non-hydrogen) atoms.